The molecule has 1 atom stereocenters. The molecule has 1 aromatic heterocycles. The van der Waals surface area contributed by atoms with Gasteiger partial charge in [0.2, 0.25) is 5.91 Å². The molecule has 2 N–H and O–H groups in total. The number of H-pyrrole nitrogens is 1. The van der Waals surface area contributed by atoms with Crippen molar-refractivity contribution in [2.45, 2.75) is 44.4 Å². The van der Waals surface area contributed by atoms with Crippen molar-refractivity contribution in [2.24, 2.45) is 0 Å². The summed E-state index contributed by atoms with van der Waals surface area (Å²) in [6, 6.07) is 8.11. The van der Waals surface area contributed by atoms with Crippen LogP contribution < -0.4 is 10.7 Å². The summed E-state index contributed by atoms with van der Waals surface area (Å²) in [6.07, 6.45) is 1.68. The summed E-state index contributed by atoms with van der Waals surface area (Å²) in [5.41, 5.74) is 3.31. The predicted octanol–water partition coefficient (Wildman–Crippen LogP) is 3.10. The van der Waals surface area contributed by atoms with Gasteiger partial charge in [0, 0.05) is 27.9 Å². The van der Waals surface area contributed by atoms with Crippen molar-refractivity contribution < 1.29 is 4.79 Å². The lowest BCUT2D eigenvalue weighted by Gasteiger charge is -2.13. The minimum Gasteiger partial charge on any atom is -0.363 e. The number of hydrogen-bond donors (Lipinski definition) is 2. The number of benzene rings is 1. The smallest absolute Gasteiger partial charge is 0.233 e. The van der Waals surface area contributed by atoms with Gasteiger partial charge >= 0.3 is 0 Å². The van der Waals surface area contributed by atoms with Crippen molar-refractivity contribution >= 4 is 17.7 Å². The van der Waals surface area contributed by atoms with Crippen LogP contribution >= 0.6 is 11.8 Å². The predicted molar refractivity (Wildman–Crippen MR) is 94.9 cm³/mol. The topological polar surface area (TPSA) is 62.0 Å². The van der Waals surface area contributed by atoms with Crippen molar-refractivity contribution in [3.63, 3.8) is 0 Å². The monoisotopic (exact) mass is 330 g/mol. The van der Waals surface area contributed by atoms with E-state index in [-0.39, 0.29) is 16.6 Å². The number of amides is 1. The molecule has 2 aromatic rings. The van der Waals surface area contributed by atoms with Crippen LogP contribution in [0.2, 0.25) is 0 Å². The summed E-state index contributed by atoms with van der Waals surface area (Å²) in [7, 11) is 0. The molecule has 0 aliphatic carbocycles. The lowest BCUT2D eigenvalue weighted by molar-refractivity contribution is -0.120. The minimum atomic E-state index is -0.199. The van der Waals surface area contributed by atoms with Gasteiger partial charge in [-0.05, 0) is 39.8 Å². The van der Waals surface area contributed by atoms with E-state index in [1.807, 2.05) is 38.1 Å². The Hall–Kier alpha value is -2.01. The van der Waals surface area contributed by atoms with Gasteiger partial charge in [0.05, 0.1) is 11.8 Å². The Balaban J connectivity index is 1.95. The molecule has 4 nitrogen and oxygen atoms in total. The van der Waals surface area contributed by atoms with Gasteiger partial charge < -0.3 is 10.3 Å². The molecule has 122 valence electrons. The minimum absolute atomic E-state index is 0.0232. The Morgan fingerprint density at radius 2 is 1.87 bits per heavy atom. The molecule has 0 spiro atoms. The highest BCUT2D eigenvalue weighted by atomic mass is 32.2. The summed E-state index contributed by atoms with van der Waals surface area (Å²) in [5.74, 6) is -0.0450. The van der Waals surface area contributed by atoms with Crippen LogP contribution in [0.4, 0.5) is 0 Å². The van der Waals surface area contributed by atoms with Crippen LogP contribution in [0.1, 0.15) is 29.3 Å². The molecule has 0 unspecified atom stereocenters. The highest BCUT2D eigenvalue weighted by Gasteiger charge is 2.15. The van der Waals surface area contributed by atoms with Gasteiger partial charge in [-0.25, -0.2) is 0 Å². The molecule has 1 heterocycles. The number of pyridine rings is 1. The van der Waals surface area contributed by atoms with E-state index in [9.17, 15) is 9.59 Å². The zero-order chi connectivity index (χ0) is 17.0. The van der Waals surface area contributed by atoms with Gasteiger partial charge in [0.25, 0.3) is 0 Å². The molecule has 0 fully saturated rings. The molecular weight excluding hydrogens is 308 g/mol. The van der Waals surface area contributed by atoms with Gasteiger partial charge in [-0.15, -0.1) is 11.8 Å². The van der Waals surface area contributed by atoms with Crippen LogP contribution in [0.15, 0.2) is 40.2 Å². The van der Waals surface area contributed by atoms with Crippen LogP contribution in [-0.2, 0) is 11.3 Å². The molecule has 0 bridgehead atoms. The van der Waals surface area contributed by atoms with Crippen molar-refractivity contribution in [3.8, 4) is 0 Å². The first-order valence-electron chi connectivity index (χ1n) is 7.57. The Labute approximate surface area is 140 Å². The van der Waals surface area contributed by atoms with E-state index < -0.39 is 0 Å². The number of nitrogens with one attached hydrogen (secondary N) is 2. The molecule has 0 saturated heterocycles. The van der Waals surface area contributed by atoms with Crippen molar-refractivity contribution in [1.82, 2.24) is 10.3 Å². The Kier molecular flexibility index (Phi) is 5.66. The molecule has 2 rings (SSSR count). The van der Waals surface area contributed by atoms with Gasteiger partial charge in [0.15, 0.2) is 5.43 Å². The SMILES string of the molecule is Cc1ccc(S[C@H](C)C(=O)NCc2[nH]cc(C)c(=O)c2C)cc1. The molecule has 0 aliphatic rings. The van der Waals surface area contributed by atoms with Gasteiger partial charge in [-0.2, -0.15) is 0 Å². The highest BCUT2D eigenvalue weighted by Crippen LogP contribution is 2.23. The fourth-order valence-electron chi connectivity index (χ4n) is 2.18. The first-order valence-corrected chi connectivity index (χ1v) is 8.45. The summed E-state index contributed by atoms with van der Waals surface area (Å²) in [4.78, 5) is 28.3. The molecule has 5 heteroatoms. The fraction of sp³-hybridized carbons (Fsp3) is 0.333. The summed E-state index contributed by atoms with van der Waals surface area (Å²) < 4.78 is 0. The van der Waals surface area contributed by atoms with Gasteiger partial charge in [-0.1, -0.05) is 17.7 Å². The second-order valence-electron chi connectivity index (χ2n) is 5.70. The van der Waals surface area contributed by atoms with Crippen molar-refractivity contribution in [1.29, 1.82) is 0 Å². The number of thioether (sulfide) groups is 1. The number of aromatic amines is 1. The lowest BCUT2D eigenvalue weighted by Crippen LogP contribution is -2.31. The van der Waals surface area contributed by atoms with Crippen LogP contribution in [0, 0.1) is 20.8 Å². The summed E-state index contributed by atoms with van der Waals surface area (Å²) in [6.45, 7) is 7.80. The van der Waals surface area contributed by atoms with Crippen LogP contribution in [0.25, 0.3) is 0 Å². The number of aromatic nitrogens is 1. The van der Waals surface area contributed by atoms with Gasteiger partial charge in [-0.3, -0.25) is 9.59 Å². The molecule has 23 heavy (non-hydrogen) atoms. The van der Waals surface area contributed by atoms with Crippen molar-refractivity contribution in [2.75, 3.05) is 0 Å². The maximum Gasteiger partial charge on any atom is 0.233 e. The number of carbonyl (C=O) groups excluding carboxylic acids is 1. The molecular formula is C18H22N2O2S. The number of aryl methyl sites for hydroxylation is 2. The Morgan fingerprint density at radius 3 is 2.52 bits per heavy atom. The number of rotatable bonds is 5. The third-order valence-corrected chi connectivity index (χ3v) is 4.87. The maximum atomic E-state index is 12.2. The van der Waals surface area contributed by atoms with Crippen LogP contribution in [0.3, 0.4) is 0 Å². The average molecular weight is 330 g/mol. The molecule has 1 aromatic carbocycles. The van der Waals surface area contributed by atoms with Crippen LogP contribution in [-0.4, -0.2) is 16.1 Å². The molecule has 0 aliphatic heterocycles. The number of hydrogen-bond acceptors (Lipinski definition) is 3. The van der Waals surface area contributed by atoms with Crippen LogP contribution in [0.5, 0.6) is 0 Å². The first kappa shape index (κ1) is 17.3. The van der Waals surface area contributed by atoms with E-state index in [0.717, 1.165) is 10.6 Å². The average Bonchev–Trinajstić information content (AvgIpc) is 2.53. The quantitative estimate of drug-likeness (QED) is 0.828. The second kappa shape index (κ2) is 7.51. The van der Waals surface area contributed by atoms with E-state index in [4.69, 9.17) is 0 Å². The van der Waals surface area contributed by atoms with E-state index in [1.165, 1.54) is 17.3 Å². The first-order chi connectivity index (χ1) is 10.9. The number of carbonyl (C=O) groups is 1. The highest BCUT2D eigenvalue weighted by molar-refractivity contribution is 8.00. The Bertz CT molecular complexity index is 751. The van der Waals surface area contributed by atoms with Crippen molar-refractivity contribution in [3.05, 3.63) is 63.1 Å². The Morgan fingerprint density at radius 1 is 1.22 bits per heavy atom. The standard InChI is InChI=1S/C18H22N2O2S/c1-11-5-7-15(8-6-11)23-14(4)18(22)20-10-16-13(3)17(21)12(2)9-19-16/h5-9,14H,10H2,1-4H3,(H,19,21)(H,20,22)/t14-/m1/s1. The van der Waals surface area contributed by atoms with Gasteiger partial charge in [0.1, 0.15) is 0 Å². The largest absolute Gasteiger partial charge is 0.363 e. The van der Waals surface area contributed by atoms with E-state index in [1.54, 1.807) is 20.0 Å². The van der Waals surface area contributed by atoms with E-state index in [2.05, 4.69) is 10.3 Å². The molecule has 1 amide bonds. The third-order valence-electron chi connectivity index (χ3n) is 3.76. The third kappa shape index (κ3) is 4.48. The van der Waals surface area contributed by atoms with E-state index >= 15 is 0 Å². The summed E-state index contributed by atoms with van der Waals surface area (Å²) in [5, 5.41) is 2.69. The zero-order valence-corrected chi connectivity index (χ0v) is 14.7. The normalized spacial score (nSPS) is 12.0. The maximum absolute atomic E-state index is 12.2. The second-order valence-corrected chi connectivity index (χ2v) is 7.11. The summed E-state index contributed by atoms with van der Waals surface area (Å²) >= 11 is 1.52. The molecule has 0 saturated carbocycles. The zero-order valence-electron chi connectivity index (χ0n) is 13.9. The molecule has 0 radical (unpaired) electrons. The lowest BCUT2D eigenvalue weighted by atomic mass is 10.1. The fourth-order valence-corrected chi connectivity index (χ4v) is 3.07. The van der Waals surface area contributed by atoms with E-state index in [0.29, 0.717) is 17.7 Å².